The maximum Gasteiger partial charge on any atom is 0.329 e. The molecule has 0 bridgehead atoms. The van der Waals surface area contributed by atoms with E-state index < -0.39 is 30.4 Å². The molecule has 0 aliphatic rings. The number of hydrogen-bond donors (Lipinski definition) is 2. The predicted octanol–water partition coefficient (Wildman–Crippen LogP) is 2.03. The zero-order valence-electron chi connectivity index (χ0n) is 16.4. The van der Waals surface area contributed by atoms with Crippen LogP contribution in [0.1, 0.15) is 22.5 Å². The molecule has 1 atom stereocenters. The number of hydrogen-bond acceptors (Lipinski definition) is 8. The molecule has 0 unspecified atom stereocenters. The van der Waals surface area contributed by atoms with Crippen LogP contribution in [0.4, 0.5) is 5.82 Å². The summed E-state index contributed by atoms with van der Waals surface area (Å²) in [7, 11) is 1.46. The summed E-state index contributed by atoms with van der Waals surface area (Å²) in [5.74, 6) is 0.0500. The molecule has 156 valence electrons. The number of rotatable bonds is 10. The molecular weight excluding hydrogens is 398 g/mol. The summed E-state index contributed by atoms with van der Waals surface area (Å²) in [6.45, 7) is 1.18. The van der Waals surface area contributed by atoms with Gasteiger partial charge in [0.05, 0.1) is 12.7 Å². The van der Waals surface area contributed by atoms with Crippen molar-refractivity contribution in [2.75, 3.05) is 31.0 Å². The monoisotopic (exact) mass is 421 g/mol. The number of nitrogens with zero attached hydrogens (tertiary/aromatic N) is 1. The average molecular weight is 421 g/mol. The van der Waals surface area contributed by atoms with E-state index in [-0.39, 0.29) is 5.82 Å². The van der Waals surface area contributed by atoms with E-state index in [0.29, 0.717) is 29.2 Å². The summed E-state index contributed by atoms with van der Waals surface area (Å²) in [6.07, 6.45) is 2.24. The molecule has 2 aromatic rings. The van der Waals surface area contributed by atoms with Gasteiger partial charge in [-0.1, -0.05) is 17.3 Å². The van der Waals surface area contributed by atoms with Crippen LogP contribution < -0.4 is 15.4 Å². The average Bonchev–Trinajstić information content (AvgIpc) is 3.13. The fraction of sp³-hybridized carbons (Fsp3) is 0.368. The lowest BCUT2D eigenvalue weighted by Gasteiger charge is -2.18. The van der Waals surface area contributed by atoms with E-state index >= 15 is 0 Å². The van der Waals surface area contributed by atoms with Gasteiger partial charge < -0.3 is 24.6 Å². The number of para-hydroxylation sites is 1. The summed E-state index contributed by atoms with van der Waals surface area (Å²) in [6, 6.07) is 7.32. The predicted molar refractivity (Wildman–Crippen MR) is 108 cm³/mol. The number of aromatic nitrogens is 1. The Morgan fingerprint density at radius 2 is 2.03 bits per heavy atom. The first-order chi connectivity index (χ1) is 13.9. The van der Waals surface area contributed by atoms with E-state index in [1.807, 2.05) is 6.26 Å². The molecule has 0 aliphatic carbocycles. The highest BCUT2D eigenvalue weighted by Crippen LogP contribution is 2.17. The molecule has 10 heteroatoms. The number of amides is 2. The van der Waals surface area contributed by atoms with Crippen LogP contribution in [0.2, 0.25) is 0 Å². The second-order valence-corrected chi connectivity index (χ2v) is 6.97. The highest BCUT2D eigenvalue weighted by Gasteiger charge is 2.24. The standard InChI is InChI=1S/C19H23N3O6S/c1-12-10-16(22-28-12)21-17(23)11-27-19(25)14(8-9-29-3)20-18(24)13-6-4-5-7-15(13)26-2/h4-7,10,14H,8-9,11H2,1-3H3,(H,20,24)(H,21,22,23)/t14-/m1/s1. The number of aryl methyl sites for hydroxylation is 1. The summed E-state index contributed by atoms with van der Waals surface area (Å²) >= 11 is 1.52. The molecule has 1 aromatic heterocycles. The van der Waals surface area contributed by atoms with E-state index in [4.69, 9.17) is 14.0 Å². The molecule has 0 saturated heterocycles. The normalized spacial score (nSPS) is 11.4. The summed E-state index contributed by atoms with van der Waals surface area (Å²) in [5.41, 5.74) is 0.302. The second kappa shape index (κ2) is 11.1. The number of carbonyl (C=O) groups is 3. The Bertz CT molecular complexity index is 854. The van der Waals surface area contributed by atoms with Crippen LogP contribution in [-0.4, -0.2) is 54.7 Å². The molecule has 2 N–H and O–H groups in total. The molecule has 9 nitrogen and oxygen atoms in total. The van der Waals surface area contributed by atoms with Gasteiger partial charge >= 0.3 is 5.97 Å². The molecule has 29 heavy (non-hydrogen) atoms. The van der Waals surface area contributed by atoms with Gasteiger partial charge in [0.25, 0.3) is 11.8 Å². The number of nitrogens with one attached hydrogen (secondary N) is 2. The van der Waals surface area contributed by atoms with Gasteiger partial charge in [0.15, 0.2) is 12.4 Å². The molecular formula is C19H23N3O6S. The molecule has 0 radical (unpaired) electrons. The van der Waals surface area contributed by atoms with E-state index in [1.54, 1.807) is 31.2 Å². The van der Waals surface area contributed by atoms with Gasteiger partial charge in [-0.3, -0.25) is 9.59 Å². The SMILES string of the molecule is COc1ccccc1C(=O)N[C@H](CCSC)C(=O)OCC(=O)Nc1cc(C)on1. The Morgan fingerprint density at radius 1 is 1.28 bits per heavy atom. The van der Waals surface area contributed by atoms with Gasteiger partial charge in [-0.05, 0) is 37.5 Å². The first kappa shape index (κ1) is 22.3. The van der Waals surface area contributed by atoms with Crippen molar-refractivity contribution in [2.24, 2.45) is 0 Å². The van der Waals surface area contributed by atoms with Crippen LogP contribution in [0.15, 0.2) is 34.9 Å². The number of esters is 1. The van der Waals surface area contributed by atoms with Crippen molar-refractivity contribution < 1.29 is 28.4 Å². The van der Waals surface area contributed by atoms with Crippen LogP contribution in [0.3, 0.4) is 0 Å². The van der Waals surface area contributed by atoms with E-state index in [0.717, 1.165) is 0 Å². The Kier molecular flexibility index (Phi) is 8.53. The molecule has 0 spiro atoms. The number of thioether (sulfide) groups is 1. The van der Waals surface area contributed by atoms with E-state index in [9.17, 15) is 14.4 Å². The van der Waals surface area contributed by atoms with Gasteiger partial charge in [-0.15, -0.1) is 0 Å². The van der Waals surface area contributed by atoms with Crippen LogP contribution in [0, 0.1) is 6.92 Å². The first-order valence-electron chi connectivity index (χ1n) is 8.77. The largest absolute Gasteiger partial charge is 0.496 e. The zero-order chi connectivity index (χ0) is 21.2. The number of benzene rings is 1. The smallest absolute Gasteiger partial charge is 0.329 e. The molecule has 0 aliphatic heterocycles. The highest BCUT2D eigenvalue weighted by molar-refractivity contribution is 7.98. The van der Waals surface area contributed by atoms with Gasteiger partial charge in [-0.2, -0.15) is 11.8 Å². The quantitative estimate of drug-likeness (QED) is 0.559. The summed E-state index contributed by atoms with van der Waals surface area (Å²) < 4.78 is 15.1. The third-order valence-electron chi connectivity index (χ3n) is 3.79. The van der Waals surface area contributed by atoms with Crippen molar-refractivity contribution in [3.05, 3.63) is 41.7 Å². The van der Waals surface area contributed by atoms with Crippen molar-refractivity contribution in [3.8, 4) is 5.75 Å². The van der Waals surface area contributed by atoms with Crippen molar-refractivity contribution >= 4 is 35.4 Å². The molecule has 1 heterocycles. The van der Waals surface area contributed by atoms with Crippen LogP contribution >= 0.6 is 11.8 Å². The highest BCUT2D eigenvalue weighted by atomic mass is 32.2. The van der Waals surface area contributed by atoms with E-state index in [1.165, 1.54) is 24.9 Å². The lowest BCUT2D eigenvalue weighted by molar-refractivity contribution is -0.149. The maximum atomic E-state index is 12.6. The third-order valence-corrected chi connectivity index (χ3v) is 4.44. The van der Waals surface area contributed by atoms with Crippen molar-refractivity contribution in [3.63, 3.8) is 0 Å². The number of anilines is 1. The van der Waals surface area contributed by atoms with Gasteiger partial charge in [0.2, 0.25) is 0 Å². The minimum Gasteiger partial charge on any atom is -0.496 e. The van der Waals surface area contributed by atoms with Crippen molar-refractivity contribution in [2.45, 2.75) is 19.4 Å². The molecule has 2 amide bonds. The first-order valence-corrected chi connectivity index (χ1v) is 10.2. The van der Waals surface area contributed by atoms with Crippen molar-refractivity contribution in [1.29, 1.82) is 0 Å². The lowest BCUT2D eigenvalue weighted by atomic mass is 10.1. The van der Waals surface area contributed by atoms with E-state index in [2.05, 4.69) is 15.8 Å². The van der Waals surface area contributed by atoms with Gasteiger partial charge in [-0.25, -0.2) is 4.79 Å². The molecule has 0 saturated carbocycles. The molecule has 1 aromatic carbocycles. The third kappa shape index (κ3) is 6.83. The Balaban J connectivity index is 1.96. The van der Waals surface area contributed by atoms with Crippen LogP contribution in [0.5, 0.6) is 5.75 Å². The number of ether oxygens (including phenoxy) is 2. The van der Waals surface area contributed by atoms with Crippen molar-refractivity contribution in [1.82, 2.24) is 10.5 Å². The van der Waals surface area contributed by atoms with Gasteiger partial charge in [0, 0.05) is 6.07 Å². The number of methoxy groups -OCH3 is 1. The minimum atomic E-state index is -0.901. The van der Waals surface area contributed by atoms with Gasteiger partial charge in [0.1, 0.15) is 17.6 Å². The maximum absolute atomic E-state index is 12.6. The Hall–Kier alpha value is -3.01. The van der Waals surface area contributed by atoms with Crippen LogP contribution in [-0.2, 0) is 14.3 Å². The fourth-order valence-corrected chi connectivity index (χ4v) is 2.87. The molecule has 0 fully saturated rings. The van der Waals surface area contributed by atoms with Crippen LogP contribution in [0.25, 0.3) is 0 Å². The Labute approximate surface area is 172 Å². The lowest BCUT2D eigenvalue weighted by Crippen LogP contribution is -2.43. The molecule has 2 rings (SSSR count). The zero-order valence-corrected chi connectivity index (χ0v) is 17.2. The fourth-order valence-electron chi connectivity index (χ4n) is 2.39. The summed E-state index contributed by atoms with van der Waals surface area (Å²) in [5, 5.41) is 8.74. The Morgan fingerprint density at radius 3 is 2.69 bits per heavy atom. The minimum absolute atomic E-state index is 0.229. The number of carbonyl (C=O) groups excluding carboxylic acids is 3. The topological polar surface area (TPSA) is 120 Å². The second-order valence-electron chi connectivity index (χ2n) is 5.99. The summed E-state index contributed by atoms with van der Waals surface area (Å²) in [4.78, 5) is 36.9.